The zero-order valence-electron chi connectivity index (χ0n) is 11.5. The topological polar surface area (TPSA) is 43.4 Å². The Bertz CT molecular complexity index is 444. The summed E-state index contributed by atoms with van der Waals surface area (Å²) < 4.78 is 5.04. The van der Waals surface area contributed by atoms with Crippen LogP contribution in [0.5, 0.6) is 5.75 Å². The summed E-state index contributed by atoms with van der Waals surface area (Å²) in [5, 5.41) is 0. The van der Waals surface area contributed by atoms with Gasteiger partial charge in [-0.2, -0.15) is 0 Å². The number of Topliss-reactive ketones (excluding diaryl/α,β-unsaturated/α-hetero) is 1. The number of ether oxygens (including phenoxy) is 1. The highest BCUT2D eigenvalue weighted by Crippen LogP contribution is 2.12. The summed E-state index contributed by atoms with van der Waals surface area (Å²) in [7, 11) is 1.60. The molecule has 0 N–H and O–H groups in total. The van der Waals surface area contributed by atoms with Gasteiger partial charge in [-0.1, -0.05) is 6.08 Å². The van der Waals surface area contributed by atoms with Crippen LogP contribution in [-0.2, 0) is 4.79 Å². The van der Waals surface area contributed by atoms with E-state index in [0.717, 1.165) is 25.0 Å². The molecule has 0 spiro atoms. The van der Waals surface area contributed by atoms with E-state index >= 15 is 0 Å². The highest BCUT2D eigenvalue weighted by Gasteiger charge is 2.01. The fraction of sp³-hybridized carbons (Fsp3) is 0.375. The summed E-state index contributed by atoms with van der Waals surface area (Å²) in [6, 6.07) is 7.05. The predicted molar refractivity (Wildman–Crippen MR) is 75.6 cm³/mol. The lowest BCUT2D eigenvalue weighted by Gasteiger charge is -2.00. The number of allylic oxidation sites excluding steroid dienone is 2. The minimum Gasteiger partial charge on any atom is -0.497 e. The molecule has 1 rings (SSSR count). The molecule has 3 nitrogen and oxygen atoms in total. The first-order valence-corrected chi connectivity index (χ1v) is 6.48. The molecular formula is C16H20O3. The van der Waals surface area contributed by atoms with Crippen LogP contribution in [0, 0.1) is 0 Å². The SMILES string of the molecule is COc1ccc(C(=O)/C=C/CCCCC(C)=O)cc1. The maximum Gasteiger partial charge on any atom is 0.185 e. The van der Waals surface area contributed by atoms with Gasteiger partial charge >= 0.3 is 0 Å². The van der Waals surface area contributed by atoms with Gasteiger partial charge < -0.3 is 9.53 Å². The molecule has 0 bridgehead atoms. The van der Waals surface area contributed by atoms with Crippen LogP contribution in [0.1, 0.15) is 43.0 Å². The van der Waals surface area contributed by atoms with Gasteiger partial charge in [-0.25, -0.2) is 0 Å². The second-order valence-electron chi connectivity index (χ2n) is 4.44. The Kier molecular flexibility index (Phi) is 6.58. The molecule has 0 aliphatic carbocycles. The van der Waals surface area contributed by atoms with Crippen LogP contribution in [0.4, 0.5) is 0 Å². The molecule has 1 aromatic rings. The first kappa shape index (κ1) is 15.2. The molecule has 3 heteroatoms. The molecule has 0 aromatic heterocycles. The summed E-state index contributed by atoms with van der Waals surface area (Å²) in [5.41, 5.74) is 0.654. The van der Waals surface area contributed by atoms with Crippen molar-refractivity contribution in [2.24, 2.45) is 0 Å². The summed E-state index contributed by atoms with van der Waals surface area (Å²) >= 11 is 0. The van der Waals surface area contributed by atoms with Gasteiger partial charge in [-0.3, -0.25) is 4.79 Å². The summed E-state index contributed by atoms with van der Waals surface area (Å²) in [4.78, 5) is 22.5. The summed E-state index contributed by atoms with van der Waals surface area (Å²) in [5.74, 6) is 0.956. The molecule has 19 heavy (non-hydrogen) atoms. The van der Waals surface area contributed by atoms with E-state index in [9.17, 15) is 9.59 Å². The van der Waals surface area contributed by atoms with Crippen molar-refractivity contribution in [2.45, 2.75) is 32.6 Å². The molecule has 0 fully saturated rings. The smallest absolute Gasteiger partial charge is 0.185 e. The number of methoxy groups -OCH3 is 1. The maximum atomic E-state index is 11.8. The molecule has 0 heterocycles. The monoisotopic (exact) mass is 260 g/mol. The first-order valence-electron chi connectivity index (χ1n) is 6.48. The van der Waals surface area contributed by atoms with Crippen LogP contribution >= 0.6 is 0 Å². The number of rotatable bonds is 8. The summed E-state index contributed by atoms with van der Waals surface area (Å²) in [6.45, 7) is 1.60. The zero-order valence-corrected chi connectivity index (χ0v) is 11.5. The Hall–Kier alpha value is -1.90. The Morgan fingerprint density at radius 1 is 1.16 bits per heavy atom. The lowest BCUT2D eigenvalue weighted by atomic mass is 10.1. The average molecular weight is 260 g/mol. The molecule has 1 aromatic carbocycles. The molecule has 0 radical (unpaired) electrons. The zero-order chi connectivity index (χ0) is 14.1. The van der Waals surface area contributed by atoms with Gasteiger partial charge in [0.25, 0.3) is 0 Å². The van der Waals surface area contributed by atoms with E-state index < -0.39 is 0 Å². The van der Waals surface area contributed by atoms with Crippen molar-refractivity contribution in [3.05, 3.63) is 42.0 Å². The molecule has 0 saturated heterocycles. The van der Waals surface area contributed by atoms with Crippen LogP contribution in [-0.4, -0.2) is 18.7 Å². The van der Waals surface area contributed by atoms with E-state index in [2.05, 4.69) is 0 Å². The number of benzene rings is 1. The van der Waals surface area contributed by atoms with Crippen molar-refractivity contribution in [3.8, 4) is 5.75 Å². The van der Waals surface area contributed by atoms with Crippen molar-refractivity contribution in [2.75, 3.05) is 7.11 Å². The van der Waals surface area contributed by atoms with Crippen LogP contribution in [0.15, 0.2) is 36.4 Å². The second kappa shape index (κ2) is 8.25. The van der Waals surface area contributed by atoms with E-state index in [0.29, 0.717) is 12.0 Å². The third-order valence-electron chi connectivity index (χ3n) is 2.79. The molecule has 102 valence electrons. The van der Waals surface area contributed by atoms with Crippen LogP contribution in [0.25, 0.3) is 0 Å². The van der Waals surface area contributed by atoms with Crippen molar-refractivity contribution in [1.82, 2.24) is 0 Å². The minimum atomic E-state index is -0.00535. The van der Waals surface area contributed by atoms with Gasteiger partial charge in [-0.15, -0.1) is 0 Å². The molecule has 0 unspecified atom stereocenters. The van der Waals surface area contributed by atoms with Gasteiger partial charge in [0.2, 0.25) is 0 Å². The van der Waals surface area contributed by atoms with Gasteiger partial charge in [0, 0.05) is 12.0 Å². The number of carbonyl (C=O) groups is 2. The lowest BCUT2D eigenvalue weighted by molar-refractivity contribution is -0.117. The van der Waals surface area contributed by atoms with E-state index in [-0.39, 0.29) is 11.6 Å². The molecule has 0 atom stereocenters. The maximum absolute atomic E-state index is 11.8. The van der Waals surface area contributed by atoms with E-state index in [1.807, 2.05) is 6.08 Å². The van der Waals surface area contributed by atoms with Crippen LogP contribution in [0.2, 0.25) is 0 Å². The Morgan fingerprint density at radius 2 is 1.84 bits per heavy atom. The van der Waals surface area contributed by atoms with Gasteiger partial charge in [0.1, 0.15) is 11.5 Å². The quantitative estimate of drug-likeness (QED) is 0.407. The van der Waals surface area contributed by atoms with Crippen molar-refractivity contribution >= 4 is 11.6 Å². The molecule has 0 aliphatic rings. The molecule has 0 saturated carbocycles. The number of hydrogen-bond acceptors (Lipinski definition) is 3. The van der Waals surface area contributed by atoms with Crippen molar-refractivity contribution < 1.29 is 14.3 Å². The number of hydrogen-bond donors (Lipinski definition) is 0. The molecule has 0 amide bonds. The second-order valence-corrected chi connectivity index (χ2v) is 4.44. The number of ketones is 2. The lowest BCUT2D eigenvalue weighted by Crippen LogP contribution is -1.94. The van der Waals surface area contributed by atoms with Gasteiger partial charge in [0.05, 0.1) is 7.11 Å². The molecular weight excluding hydrogens is 240 g/mol. The minimum absolute atomic E-state index is 0.00535. The van der Waals surface area contributed by atoms with E-state index in [1.54, 1.807) is 44.4 Å². The molecule has 0 aliphatic heterocycles. The highest BCUT2D eigenvalue weighted by atomic mass is 16.5. The van der Waals surface area contributed by atoms with Crippen molar-refractivity contribution in [3.63, 3.8) is 0 Å². The normalized spacial score (nSPS) is 10.6. The fourth-order valence-electron chi connectivity index (χ4n) is 1.68. The van der Waals surface area contributed by atoms with E-state index in [4.69, 9.17) is 4.74 Å². The first-order chi connectivity index (χ1) is 9.13. The Morgan fingerprint density at radius 3 is 2.42 bits per heavy atom. The fourth-order valence-corrected chi connectivity index (χ4v) is 1.68. The average Bonchev–Trinajstić information content (AvgIpc) is 2.42. The third-order valence-corrected chi connectivity index (χ3v) is 2.79. The standard InChI is InChI=1S/C16H20O3/c1-13(17)7-5-3-4-6-8-16(18)14-9-11-15(19-2)12-10-14/h6,8-12H,3-5,7H2,1-2H3/b8-6+. The Labute approximate surface area is 114 Å². The van der Waals surface area contributed by atoms with Crippen LogP contribution < -0.4 is 4.74 Å². The largest absolute Gasteiger partial charge is 0.497 e. The van der Waals surface area contributed by atoms with Crippen LogP contribution in [0.3, 0.4) is 0 Å². The third kappa shape index (κ3) is 6.00. The van der Waals surface area contributed by atoms with Gasteiger partial charge in [0.15, 0.2) is 5.78 Å². The predicted octanol–water partition coefficient (Wildman–Crippen LogP) is 3.58. The van der Waals surface area contributed by atoms with Gasteiger partial charge in [-0.05, 0) is 56.5 Å². The Balaban J connectivity index is 2.35. The van der Waals surface area contributed by atoms with Crippen molar-refractivity contribution in [1.29, 1.82) is 0 Å². The summed E-state index contributed by atoms with van der Waals surface area (Å²) in [6.07, 6.45) is 6.74. The number of unbranched alkanes of at least 4 members (excludes halogenated alkanes) is 2. The highest BCUT2D eigenvalue weighted by molar-refractivity contribution is 6.04. The van der Waals surface area contributed by atoms with E-state index in [1.165, 1.54) is 0 Å². The number of carbonyl (C=O) groups excluding carboxylic acids is 2.